The Morgan fingerprint density at radius 3 is 1.70 bits per heavy atom. The molecule has 1 saturated carbocycles. The molecular formula is C24H23O2S+. The van der Waals surface area contributed by atoms with Crippen molar-refractivity contribution in [3.63, 3.8) is 0 Å². The minimum atomic E-state index is -0.201. The molecular weight excluding hydrogens is 352 g/mol. The van der Waals surface area contributed by atoms with Gasteiger partial charge < -0.3 is 4.74 Å². The first kappa shape index (κ1) is 17.9. The molecule has 0 bridgehead atoms. The standard InChI is InChI=1S/C24H23O2S/c25-24(26-20-9-7-8-10-20)19-15-17-23(18-16-19)27(21-11-3-1-4-12-21)22-13-5-2-6-14-22/h1-6,11-18,20H,7-10H2/q+1. The maximum absolute atomic E-state index is 12.4. The molecule has 0 aromatic heterocycles. The Labute approximate surface area is 163 Å². The summed E-state index contributed by atoms with van der Waals surface area (Å²) in [5.74, 6) is -0.201. The largest absolute Gasteiger partial charge is 0.459 e. The maximum Gasteiger partial charge on any atom is 0.338 e. The van der Waals surface area contributed by atoms with Crippen molar-refractivity contribution in [2.75, 3.05) is 0 Å². The van der Waals surface area contributed by atoms with E-state index in [1.807, 2.05) is 24.3 Å². The molecule has 0 atom stereocenters. The molecule has 1 aliphatic rings. The summed E-state index contributed by atoms with van der Waals surface area (Å²) in [4.78, 5) is 16.1. The molecule has 1 aliphatic carbocycles. The average molecular weight is 376 g/mol. The van der Waals surface area contributed by atoms with Crippen molar-refractivity contribution < 1.29 is 9.53 Å². The van der Waals surface area contributed by atoms with Crippen LogP contribution in [0.4, 0.5) is 0 Å². The zero-order chi connectivity index (χ0) is 18.5. The van der Waals surface area contributed by atoms with E-state index in [9.17, 15) is 4.79 Å². The summed E-state index contributed by atoms with van der Waals surface area (Å²) < 4.78 is 5.63. The van der Waals surface area contributed by atoms with Gasteiger partial charge >= 0.3 is 5.97 Å². The molecule has 3 aromatic carbocycles. The van der Waals surface area contributed by atoms with E-state index in [0.717, 1.165) is 25.7 Å². The van der Waals surface area contributed by atoms with Crippen LogP contribution in [0.5, 0.6) is 0 Å². The summed E-state index contributed by atoms with van der Waals surface area (Å²) in [6.45, 7) is 0. The number of rotatable bonds is 5. The van der Waals surface area contributed by atoms with E-state index in [4.69, 9.17) is 4.74 Å². The number of carbonyl (C=O) groups excluding carboxylic acids is 1. The lowest BCUT2D eigenvalue weighted by molar-refractivity contribution is 0.0318. The summed E-state index contributed by atoms with van der Waals surface area (Å²) in [7, 11) is -0.192. The molecule has 0 unspecified atom stereocenters. The first-order chi connectivity index (χ1) is 13.3. The minimum absolute atomic E-state index is 0.0976. The van der Waals surface area contributed by atoms with Crippen LogP contribution >= 0.6 is 0 Å². The second kappa shape index (κ2) is 8.45. The van der Waals surface area contributed by atoms with Gasteiger partial charge in [-0.1, -0.05) is 36.4 Å². The fourth-order valence-electron chi connectivity index (χ4n) is 3.47. The maximum atomic E-state index is 12.4. The van der Waals surface area contributed by atoms with Gasteiger partial charge in [0, 0.05) is 0 Å². The van der Waals surface area contributed by atoms with Crippen molar-refractivity contribution in [3.8, 4) is 0 Å². The molecule has 3 aromatic rings. The zero-order valence-corrected chi connectivity index (χ0v) is 16.0. The predicted octanol–water partition coefficient (Wildman–Crippen LogP) is 5.88. The third-order valence-electron chi connectivity index (χ3n) is 4.86. The normalized spacial score (nSPS) is 14.4. The molecule has 136 valence electrons. The second-order valence-corrected chi connectivity index (χ2v) is 8.80. The summed E-state index contributed by atoms with van der Waals surface area (Å²) in [6, 6.07) is 29.0. The molecule has 0 aliphatic heterocycles. The first-order valence-electron chi connectivity index (χ1n) is 9.47. The second-order valence-electron chi connectivity index (χ2n) is 6.77. The van der Waals surface area contributed by atoms with Crippen molar-refractivity contribution in [2.45, 2.75) is 46.5 Å². The van der Waals surface area contributed by atoms with Gasteiger partial charge in [0.2, 0.25) is 0 Å². The quantitative estimate of drug-likeness (QED) is 0.411. The van der Waals surface area contributed by atoms with Crippen LogP contribution in [0.3, 0.4) is 0 Å². The highest BCUT2D eigenvalue weighted by atomic mass is 32.2. The van der Waals surface area contributed by atoms with Crippen molar-refractivity contribution in [1.29, 1.82) is 0 Å². The highest BCUT2D eigenvalue weighted by Crippen LogP contribution is 2.31. The molecule has 0 radical (unpaired) electrons. The number of esters is 1. The van der Waals surface area contributed by atoms with Crippen LogP contribution in [0.15, 0.2) is 99.6 Å². The Morgan fingerprint density at radius 1 is 0.704 bits per heavy atom. The van der Waals surface area contributed by atoms with Crippen molar-refractivity contribution >= 4 is 16.9 Å². The Balaban J connectivity index is 1.60. The number of ether oxygens (including phenoxy) is 1. The van der Waals surface area contributed by atoms with Crippen LogP contribution in [0, 0.1) is 0 Å². The molecule has 3 heteroatoms. The van der Waals surface area contributed by atoms with Gasteiger partial charge in [-0.2, -0.15) is 0 Å². The van der Waals surface area contributed by atoms with Gasteiger partial charge in [-0.25, -0.2) is 4.79 Å². The summed E-state index contributed by atoms with van der Waals surface area (Å²) in [6.07, 6.45) is 4.41. The minimum Gasteiger partial charge on any atom is -0.459 e. The van der Waals surface area contributed by atoms with Crippen LogP contribution in [-0.2, 0) is 15.6 Å². The predicted molar refractivity (Wildman–Crippen MR) is 109 cm³/mol. The van der Waals surface area contributed by atoms with Crippen LogP contribution < -0.4 is 0 Å². The lowest BCUT2D eigenvalue weighted by Gasteiger charge is -2.12. The van der Waals surface area contributed by atoms with E-state index in [1.165, 1.54) is 14.7 Å². The van der Waals surface area contributed by atoms with Gasteiger partial charge in [0.25, 0.3) is 0 Å². The summed E-state index contributed by atoms with van der Waals surface area (Å²) >= 11 is 0. The summed E-state index contributed by atoms with van der Waals surface area (Å²) in [5, 5.41) is 0. The number of carbonyl (C=O) groups is 1. The lowest BCUT2D eigenvalue weighted by Crippen LogP contribution is -2.15. The van der Waals surface area contributed by atoms with E-state index >= 15 is 0 Å². The molecule has 0 N–H and O–H groups in total. The van der Waals surface area contributed by atoms with Crippen LogP contribution in [0.25, 0.3) is 0 Å². The van der Waals surface area contributed by atoms with Crippen LogP contribution in [0.1, 0.15) is 36.0 Å². The van der Waals surface area contributed by atoms with Gasteiger partial charge in [-0.05, 0) is 74.2 Å². The van der Waals surface area contributed by atoms with E-state index in [1.54, 1.807) is 0 Å². The Morgan fingerprint density at radius 2 is 1.19 bits per heavy atom. The highest BCUT2D eigenvalue weighted by Gasteiger charge is 2.28. The zero-order valence-electron chi connectivity index (χ0n) is 15.2. The van der Waals surface area contributed by atoms with E-state index < -0.39 is 0 Å². The molecule has 4 rings (SSSR count). The van der Waals surface area contributed by atoms with Gasteiger partial charge in [0.1, 0.15) is 6.10 Å². The van der Waals surface area contributed by atoms with E-state index in [2.05, 4.69) is 60.7 Å². The van der Waals surface area contributed by atoms with Crippen molar-refractivity contribution in [1.82, 2.24) is 0 Å². The smallest absolute Gasteiger partial charge is 0.338 e. The van der Waals surface area contributed by atoms with Crippen molar-refractivity contribution in [3.05, 3.63) is 90.5 Å². The van der Waals surface area contributed by atoms with E-state index in [0.29, 0.717) is 5.56 Å². The van der Waals surface area contributed by atoms with Gasteiger partial charge in [-0.3, -0.25) is 0 Å². The first-order valence-corrected chi connectivity index (χ1v) is 10.7. The number of benzene rings is 3. The molecule has 2 nitrogen and oxygen atoms in total. The van der Waals surface area contributed by atoms with E-state index in [-0.39, 0.29) is 23.0 Å². The Kier molecular flexibility index (Phi) is 5.59. The molecule has 0 saturated heterocycles. The lowest BCUT2D eigenvalue weighted by atomic mass is 10.2. The van der Waals surface area contributed by atoms with Gasteiger partial charge in [0.15, 0.2) is 14.7 Å². The summed E-state index contributed by atoms with van der Waals surface area (Å²) in [5.41, 5.74) is 0.635. The SMILES string of the molecule is O=C(OC1CCCC1)c1ccc([S+](c2ccccc2)c2ccccc2)cc1. The third-order valence-corrected chi connectivity index (χ3v) is 7.09. The fourth-order valence-corrected chi connectivity index (χ4v) is 5.56. The highest BCUT2D eigenvalue weighted by molar-refractivity contribution is 7.97. The average Bonchev–Trinajstić information content (AvgIpc) is 3.23. The van der Waals surface area contributed by atoms with Gasteiger partial charge in [-0.15, -0.1) is 0 Å². The third kappa shape index (κ3) is 4.25. The molecule has 27 heavy (non-hydrogen) atoms. The Hall–Kier alpha value is -2.52. The molecule has 0 amide bonds. The van der Waals surface area contributed by atoms with Crippen LogP contribution in [0.2, 0.25) is 0 Å². The Bertz CT molecular complexity index is 830. The molecule has 0 heterocycles. The monoisotopic (exact) mass is 375 g/mol. The van der Waals surface area contributed by atoms with Crippen LogP contribution in [-0.4, -0.2) is 12.1 Å². The number of hydrogen-bond acceptors (Lipinski definition) is 2. The molecule has 0 spiro atoms. The van der Waals surface area contributed by atoms with Crippen molar-refractivity contribution in [2.24, 2.45) is 0 Å². The topological polar surface area (TPSA) is 26.3 Å². The number of hydrogen-bond donors (Lipinski definition) is 0. The molecule has 1 fully saturated rings. The fraction of sp³-hybridized carbons (Fsp3) is 0.208. The van der Waals surface area contributed by atoms with Gasteiger partial charge in [0.05, 0.1) is 16.5 Å².